The van der Waals surface area contributed by atoms with Gasteiger partial charge in [0.25, 0.3) is 0 Å². The Kier molecular flexibility index (Phi) is 6.44. The molecule has 0 N–H and O–H groups in total. The van der Waals surface area contributed by atoms with Gasteiger partial charge < -0.3 is 9.47 Å². The van der Waals surface area contributed by atoms with Crippen LogP contribution in [-0.4, -0.2) is 40.0 Å². The first kappa shape index (κ1) is 17.7. The van der Waals surface area contributed by atoms with Crippen molar-refractivity contribution in [3.63, 3.8) is 0 Å². The fourth-order valence-electron chi connectivity index (χ4n) is 1.73. The monoisotopic (exact) mass is 375 g/mol. The normalized spacial score (nSPS) is 11.2. The van der Waals surface area contributed by atoms with E-state index >= 15 is 0 Å². The first-order chi connectivity index (χ1) is 9.92. The van der Waals surface area contributed by atoms with E-state index in [1.165, 1.54) is 36.7 Å². The standard InChI is InChI=1S/C14H18BrNO4S/c1-5-7-16(8-6-2)21(17,18)14-10-12(19-3)11(15)9-13(14)20-4/h5-6,9-10H,1-2,7-8H2,3-4H3. The van der Waals surface area contributed by atoms with Gasteiger partial charge in [-0.15, -0.1) is 13.2 Å². The Morgan fingerprint density at radius 3 is 2.10 bits per heavy atom. The Hall–Kier alpha value is -1.31. The SMILES string of the molecule is C=CCN(CC=C)S(=O)(=O)c1cc(OC)c(Br)cc1OC. The van der Waals surface area contributed by atoms with Crippen LogP contribution in [0.1, 0.15) is 0 Å². The third-order valence-electron chi connectivity index (χ3n) is 2.72. The molecule has 1 aromatic rings. The highest BCUT2D eigenvalue weighted by molar-refractivity contribution is 9.10. The van der Waals surface area contributed by atoms with Crippen LogP contribution in [0.4, 0.5) is 0 Å². The van der Waals surface area contributed by atoms with Crippen LogP contribution < -0.4 is 9.47 Å². The molecule has 1 rings (SSSR count). The van der Waals surface area contributed by atoms with Crippen molar-refractivity contribution >= 4 is 26.0 Å². The molecule has 0 aliphatic rings. The number of ether oxygens (including phenoxy) is 2. The number of hydrogen-bond acceptors (Lipinski definition) is 4. The zero-order valence-electron chi connectivity index (χ0n) is 12.0. The lowest BCUT2D eigenvalue weighted by Gasteiger charge is -2.21. The summed E-state index contributed by atoms with van der Waals surface area (Å²) in [7, 11) is -0.871. The van der Waals surface area contributed by atoms with E-state index in [-0.39, 0.29) is 23.7 Å². The average Bonchev–Trinajstić information content (AvgIpc) is 2.46. The van der Waals surface area contributed by atoms with Crippen LogP contribution in [-0.2, 0) is 10.0 Å². The zero-order chi connectivity index (χ0) is 16.0. The molecule has 0 spiro atoms. The molecule has 0 aliphatic carbocycles. The second kappa shape index (κ2) is 7.63. The molecule has 0 atom stereocenters. The highest BCUT2D eigenvalue weighted by Gasteiger charge is 2.27. The molecule has 21 heavy (non-hydrogen) atoms. The zero-order valence-corrected chi connectivity index (χ0v) is 14.4. The van der Waals surface area contributed by atoms with Crippen molar-refractivity contribution in [2.45, 2.75) is 4.90 Å². The van der Waals surface area contributed by atoms with Crippen LogP contribution in [0.3, 0.4) is 0 Å². The summed E-state index contributed by atoms with van der Waals surface area (Å²) in [4.78, 5) is 0.0359. The summed E-state index contributed by atoms with van der Waals surface area (Å²) in [6.07, 6.45) is 3.03. The van der Waals surface area contributed by atoms with Crippen molar-refractivity contribution in [2.75, 3.05) is 27.3 Å². The van der Waals surface area contributed by atoms with E-state index in [0.717, 1.165) is 0 Å². The summed E-state index contributed by atoms with van der Waals surface area (Å²) in [5, 5.41) is 0. The van der Waals surface area contributed by atoms with Crippen LogP contribution >= 0.6 is 15.9 Å². The Bertz CT molecular complexity index is 618. The van der Waals surface area contributed by atoms with Crippen molar-refractivity contribution in [1.82, 2.24) is 4.31 Å². The van der Waals surface area contributed by atoms with Crippen molar-refractivity contribution in [3.05, 3.63) is 41.9 Å². The summed E-state index contributed by atoms with van der Waals surface area (Å²) in [5.74, 6) is 0.646. The predicted molar refractivity (Wildman–Crippen MR) is 86.4 cm³/mol. The number of sulfonamides is 1. The van der Waals surface area contributed by atoms with Gasteiger partial charge in [-0.2, -0.15) is 4.31 Å². The fourth-order valence-corrected chi connectivity index (χ4v) is 3.75. The molecule has 0 saturated heterocycles. The maximum Gasteiger partial charge on any atom is 0.247 e. The van der Waals surface area contributed by atoms with Crippen LogP contribution in [0.5, 0.6) is 11.5 Å². The third-order valence-corrected chi connectivity index (χ3v) is 5.19. The van der Waals surface area contributed by atoms with Crippen LogP contribution in [0.15, 0.2) is 46.8 Å². The number of benzene rings is 1. The second-order valence-electron chi connectivity index (χ2n) is 4.04. The number of methoxy groups -OCH3 is 2. The topological polar surface area (TPSA) is 55.8 Å². The minimum absolute atomic E-state index is 0.0359. The minimum Gasteiger partial charge on any atom is -0.496 e. The first-order valence-corrected chi connectivity index (χ1v) is 8.29. The lowest BCUT2D eigenvalue weighted by Crippen LogP contribution is -2.31. The molecule has 0 fully saturated rings. The molecule has 0 amide bonds. The minimum atomic E-state index is -3.75. The lowest BCUT2D eigenvalue weighted by atomic mass is 10.3. The maximum absolute atomic E-state index is 12.8. The highest BCUT2D eigenvalue weighted by atomic mass is 79.9. The van der Waals surface area contributed by atoms with Gasteiger partial charge in [-0.1, -0.05) is 12.2 Å². The van der Waals surface area contributed by atoms with E-state index in [0.29, 0.717) is 10.2 Å². The van der Waals surface area contributed by atoms with Crippen molar-refractivity contribution in [2.24, 2.45) is 0 Å². The van der Waals surface area contributed by atoms with E-state index in [9.17, 15) is 8.42 Å². The van der Waals surface area contributed by atoms with E-state index in [2.05, 4.69) is 29.1 Å². The van der Waals surface area contributed by atoms with Crippen molar-refractivity contribution in [3.8, 4) is 11.5 Å². The molecule has 0 aliphatic heterocycles. The van der Waals surface area contributed by atoms with Crippen LogP contribution in [0, 0.1) is 0 Å². The van der Waals surface area contributed by atoms with Gasteiger partial charge in [0.05, 0.1) is 18.7 Å². The molecule has 7 heteroatoms. The number of nitrogens with zero attached hydrogens (tertiary/aromatic N) is 1. The molecular weight excluding hydrogens is 358 g/mol. The number of hydrogen-bond donors (Lipinski definition) is 0. The summed E-state index contributed by atoms with van der Waals surface area (Å²) < 4.78 is 37.7. The lowest BCUT2D eigenvalue weighted by molar-refractivity contribution is 0.386. The van der Waals surface area contributed by atoms with Crippen molar-refractivity contribution < 1.29 is 17.9 Å². The predicted octanol–water partition coefficient (Wildman–Crippen LogP) is 2.83. The maximum atomic E-state index is 12.8. The summed E-state index contributed by atoms with van der Waals surface area (Å²) >= 11 is 3.30. The van der Waals surface area contributed by atoms with Gasteiger partial charge in [0.1, 0.15) is 16.4 Å². The average molecular weight is 376 g/mol. The molecule has 116 valence electrons. The molecule has 1 aromatic carbocycles. The van der Waals surface area contributed by atoms with Gasteiger partial charge >= 0.3 is 0 Å². The molecule has 0 unspecified atom stereocenters. The summed E-state index contributed by atoms with van der Waals surface area (Å²) in [6, 6.07) is 2.99. The Balaban J connectivity index is 3.47. The fraction of sp³-hybridized carbons (Fsp3) is 0.286. The van der Waals surface area contributed by atoms with E-state index < -0.39 is 10.0 Å². The van der Waals surface area contributed by atoms with E-state index in [1.54, 1.807) is 6.07 Å². The Morgan fingerprint density at radius 1 is 1.14 bits per heavy atom. The first-order valence-electron chi connectivity index (χ1n) is 6.05. The third kappa shape index (κ3) is 3.87. The molecule has 0 bridgehead atoms. The van der Waals surface area contributed by atoms with Crippen molar-refractivity contribution in [1.29, 1.82) is 0 Å². The van der Waals surface area contributed by atoms with Gasteiger partial charge in [0, 0.05) is 19.2 Å². The van der Waals surface area contributed by atoms with Gasteiger partial charge in [-0.25, -0.2) is 8.42 Å². The summed E-state index contributed by atoms with van der Waals surface area (Å²) in [5.41, 5.74) is 0. The quantitative estimate of drug-likeness (QED) is 0.655. The highest BCUT2D eigenvalue weighted by Crippen LogP contribution is 2.36. The van der Waals surface area contributed by atoms with Gasteiger partial charge in [0.15, 0.2) is 0 Å². The molecular formula is C14H18BrNO4S. The molecule has 5 nitrogen and oxygen atoms in total. The van der Waals surface area contributed by atoms with Gasteiger partial charge in [-0.3, -0.25) is 0 Å². The van der Waals surface area contributed by atoms with Gasteiger partial charge in [0.2, 0.25) is 10.0 Å². The largest absolute Gasteiger partial charge is 0.496 e. The number of halogens is 1. The molecule has 0 heterocycles. The Labute approximate surface area is 134 Å². The molecule has 0 radical (unpaired) electrons. The molecule has 0 saturated carbocycles. The second-order valence-corrected chi connectivity index (χ2v) is 6.80. The van der Waals surface area contributed by atoms with E-state index in [4.69, 9.17) is 9.47 Å². The number of rotatable bonds is 8. The van der Waals surface area contributed by atoms with Crippen LogP contribution in [0.2, 0.25) is 0 Å². The van der Waals surface area contributed by atoms with Crippen LogP contribution in [0.25, 0.3) is 0 Å². The molecule has 0 aromatic heterocycles. The smallest absolute Gasteiger partial charge is 0.247 e. The Morgan fingerprint density at radius 2 is 1.67 bits per heavy atom. The van der Waals surface area contributed by atoms with E-state index in [1.807, 2.05) is 0 Å². The van der Waals surface area contributed by atoms with Gasteiger partial charge in [-0.05, 0) is 22.0 Å². The summed E-state index contributed by atoms with van der Waals surface area (Å²) in [6.45, 7) is 7.51.